The molecule has 0 aliphatic carbocycles. The van der Waals surface area contributed by atoms with Crippen molar-refractivity contribution in [2.45, 2.75) is 33.3 Å². The Balaban J connectivity index is 1.70. The predicted molar refractivity (Wildman–Crippen MR) is 114 cm³/mol. The summed E-state index contributed by atoms with van der Waals surface area (Å²) in [6, 6.07) is 12.8. The topological polar surface area (TPSA) is 67.9 Å². The van der Waals surface area contributed by atoms with Gasteiger partial charge in [0.1, 0.15) is 11.5 Å². The first-order chi connectivity index (χ1) is 13.9. The zero-order valence-corrected chi connectivity index (χ0v) is 17.0. The maximum atomic E-state index is 12.4. The fraction of sp³-hybridized carbons (Fsp3) is 0.304. The first-order valence-electron chi connectivity index (χ1n) is 9.65. The Kier molecular flexibility index (Phi) is 6.22. The molecule has 6 nitrogen and oxygen atoms in total. The second kappa shape index (κ2) is 8.82. The van der Waals surface area contributed by atoms with Gasteiger partial charge in [-0.3, -0.25) is 9.59 Å². The minimum absolute atomic E-state index is 0.104. The number of fused-ring (bicyclic) bond motifs is 1. The van der Waals surface area contributed by atoms with E-state index in [2.05, 4.69) is 11.9 Å². The summed E-state index contributed by atoms with van der Waals surface area (Å²) in [6.45, 7) is 10.5. The molecule has 2 amide bonds. The molecule has 1 N–H and O–H groups in total. The van der Waals surface area contributed by atoms with Crippen molar-refractivity contribution >= 4 is 23.2 Å². The number of carbonyl (C=O) groups is 2. The van der Waals surface area contributed by atoms with Gasteiger partial charge in [0.15, 0.2) is 6.10 Å². The van der Waals surface area contributed by atoms with Gasteiger partial charge in [0.2, 0.25) is 5.91 Å². The molecule has 0 spiro atoms. The second-order valence-electron chi connectivity index (χ2n) is 7.13. The summed E-state index contributed by atoms with van der Waals surface area (Å²) in [5, 5.41) is 2.89. The molecule has 0 radical (unpaired) electrons. The number of amides is 2. The summed E-state index contributed by atoms with van der Waals surface area (Å²) in [7, 11) is 0. The lowest BCUT2D eigenvalue weighted by Crippen LogP contribution is -2.45. The first kappa shape index (κ1) is 20.5. The third-order valence-corrected chi connectivity index (χ3v) is 4.48. The molecule has 1 atom stereocenters. The van der Waals surface area contributed by atoms with Gasteiger partial charge in [0.05, 0.1) is 18.7 Å². The minimum atomic E-state index is -0.586. The molecule has 1 unspecified atom stereocenters. The number of hydrogen-bond donors (Lipinski definition) is 1. The average Bonchev–Trinajstić information content (AvgIpc) is 2.67. The van der Waals surface area contributed by atoms with Crippen molar-refractivity contribution in [1.82, 2.24) is 0 Å². The Morgan fingerprint density at radius 1 is 1.24 bits per heavy atom. The highest BCUT2D eigenvalue weighted by Crippen LogP contribution is 2.36. The quantitative estimate of drug-likeness (QED) is 0.722. The van der Waals surface area contributed by atoms with Gasteiger partial charge in [0.25, 0.3) is 5.91 Å². The number of hydrogen-bond acceptors (Lipinski definition) is 4. The Labute approximate surface area is 171 Å². The van der Waals surface area contributed by atoms with Crippen molar-refractivity contribution in [2.75, 3.05) is 23.4 Å². The second-order valence-corrected chi connectivity index (χ2v) is 7.13. The Bertz CT molecular complexity index is 921. The number of rotatable bonds is 7. The molecule has 0 fully saturated rings. The molecule has 0 saturated heterocycles. The summed E-state index contributed by atoms with van der Waals surface area (Å²) >= 11 is 0. The van der Waals surface area contributed by atoms with E-state index in [1.54, 1.807) is 30.0 Å². The van der Waals surface area contributed by atoms with E-state index in [1.807, 2.05) is 38.1 Å². The summed E-state index contributed by atoms with van der Waals surface area (Å²) in [4.78, 5) is 26.5. The van der Waals surface area contributed by atoms with Crippen molar-refractivity contribution in [3.05, 3.63) is 60.2 Å². The standard InChI is InChI=1S/C23H26N2O4/c1-5-28-19-9-6-17(7-10-19)12-22(26)24-18-8-11-20-21(13-18)29-16(4)23(27)25(20)14-15(2)3/h6-11,13,16H,2,5,12,14H2,1,3-4H3,(H,24,26). The summed E-state index contributed by atoms with van der Waals surface area (Å²) in [5.74, 6) is 1.12. The highest BCUT2D eigenvalue weighted by molar-refractivity contribution is 6.01. The van der Waals surface area contributed by atoms with E-state index < -0.39 is 6.10 Å². The number of ether oxygens (including phenoxy) is 2. The van der Waals surface area contributed by atoms with Crippen LogP contribution in [-0.4, -0.2) is 31.1 Å². The molecule has 3 rings (SSSR count). The lowest BCUT2D eigenvalue weighted by atomic mass is 10.1. The third-order valence-electron chi connectivity index (χ3n) is 4.48. The SMILES string of the molecule is C=C(C)CN1C(=O)C(C)Oc2cc(NC(=O)Cc3ccc(OCC)cc3)ccc21. The lowest BCUT2D eigenvalue weighted by molar-refractivity contribution is -0.125. The summed E-state index contributed by atoms with van der Waals surface area (Å²) < 4.78 is 11.2. The Morgan fingerprint density at radius 3 is 2.62 bits per heavy atom. The molecule has 1 aliphatic heterocycles. The van der Waals surface area contributed by atoms with E-state index in [-0.39, 0.29) is 18.2 Å². The van der Waals surface area contributed by atoms with Crippen molar-refractivity contribution in [2.24, 2.45) is 0 Å². The summed E-state index contributed by atoms with van der Waals surface area (Å²) in [6.07, 6.45) is -0.335. The fourth-order valence-electron chi connectivity index (χ4n) is 3.18. The van der Waals surface area contributed by atoms with E-state index in [0.29, 0.717) is 30.3 Å². The highest BCUT2D eigenvalue weighted by atomic mass is 16.5. The van der Waals surface area contributed by atoms with Crippen molar-refractivity contribution in [1.29, 1.82) is 0 Å². The fourth-order valence-corrected chi connectivity index (χ4v) is 3.18. The van der Waals surface area contributed by atoms with Crippen LogP contribution in [0.2, 0.25) is 0 Å². The zero-order valence-electron chi connectivity index (χ0n) is 17.0. The maximum Gasteiger partial charge on any atom is 0.268 e. The van der Waals surface area contributed by atoms with Crippen LogP contribution < -0.4 is 19.7 Å². The van der Waals surface area contributed by atoms with Gasteiger partial charge in [-0.2, -0.15) is 0 Å². The monoisotopic (exact) mass is 394 g/mol. The lowest BCUT2D eigenvalue weighted by Gasteiger charge is -2.33. The molecule has 0 saturated carbocycles. The molecular weight excluding hydrogens is 368 g/mol. The van der Waals surface area contributed by atoms with Crippen LogP contribution in [0.3, 0.4) is 0 Å². The molecule has 0 bridgehead atoms. The molecule has 0 aromatic heterocycles. The van der Waals surface area contributed by atoms with Crippen LogP contribution in [-0.2, 0) is 16.0 Å². The molecule has 2 aromatic rings. The smallest absolute Gasteiger partial charge is 0.268 e. The van der Waals surface area contributed by atoms with Crippen molar-refractivity contribution < 1.29 is 19.1 Å². The van der Waals surface area contributed by atoms with Gasteiger partial charge in [-0.1, -0.05) is 24.3 Å². The van der Waals surface area contributed by atoms with Crippen LogP contribution >= 0.6 is 0 Å². The predicted octanol–water partition coefficient (Wildman–Crippen LogP) is 3.96. The average molecular weight is 394 g/mol. The third kappa shape index (κ3) is 4.96. The molecule has 1 aliphatic rings. The normalized spacial score (nSPS) is 15.3. The Hall–Kier alpha value is -3.28. The van der Waals surface area contributed by atoms with Gasteiger partial charge in [-0.25, -0.2) is 0 Å². The number of nitrogens with zero attached hydrogens (tertiary/aromatic N) is 1. The van der Waals surface area contributed by atoms with E-state index in [0.717, 1.165) is 16.9 Å². The Morgan fingerprint density at radius 2 is 1.97 bits per heavy atom. The van der Waals surface area contributed by atoms with Crippen LogP contribution in [0.4, 0.5) is 11.4 Å². The van der Waals surface area contributed by atoms with E-state index in [4.69, 9.17) is 9.47 Å². The largest absolute Gasteiger partial charge is 0.494 e. The number of carbonyl (C=O) groups excluding carboxylic acids is 2. The highest BCUT2D eigenvalue weighted by Gasteiger charge is 2.31. The maximum absolute atomic E-state index is 12.4. The zero-order chi connectivity index (χ0) is 21.0. The number of benzene rings is 2. The van der Waals surface area contributed by atoms with Gasteiger partial charge in [-0.15, -0.1) is 0 Å². The minimum Gasteiger partial charge on any atom is -0.494 e. The van der Waals surface area contributed by atoms with Gasteiger partial charge < -0.3 is 19.7 Å². The van der Waals surface area contributed by atoms with Gasteiger partial charge in [-0.05, 0) is 50.6 Å². The van der Waals surface area contributed by atoms with Crippen LogP contribution in [0.1, 0.15) is 26.3 Å². The van der Waals surface area contributed by atoms with Crippen LogP contribution in [0.25, 0.3) is 0 Å². The van der Waals surface area contributed by atoms with Crippen molar-refractivity contribution in [3.8, 4) is 11.5 Å². The van der Waals surface area contributed by atoms with Crippen LogP contribution in [0, 0.1) is 0 Å². The van der Waals surface area contributed by atoms with Crippen LogP contribution in [0.15, 0.2) is 54.6 Å². The first-order valence-corrected chi connectivity index (χ1v) is 9.65. The molecule has 6 heteroatoms. The molecular formula is C23H26N2O4. The van der Waals surface area contributed by atoms with Gasteiger partial charge >= 0.3 is 0 Å². The summed E-state index contributed by atoms with van der Waals surface area (Å²) in [5.41, 5.74) is 3.08. The van der Waals surface area contributed by atoms with Crippen molar-refractivity contribution in [3.63, 3.8) is 0 Å². The molecule has 29 heavy (non-hydrogen) atoms. The van der Waals surface area contributed by atoms with Crippen LogP contribution in [0.5, 0.6) is 11.5 Å². The molecule has 2 aromatic carbocycles. The van der Waals surface area contributed by atoms with Gasteiger partial charge in [0, 0.05) is 18.3 Å². The van der Waals surface area contributed by atoms with E-state index >= 15 is 0 Å². The van der Waals surface area contributed by atoms with E-state index in [1.165, 1.54) is 0 Å². The van der Waals surface area contributed by atoms with E-state index in [9.17, 15) is 9.59 Å². The number of anilines is 2. The molecule has 1 heterocycles. The molecule has 152 valence electrons. The number of nitrogens with one attached hydrogen (secondary N) is 1.